The van der Waals surface area contributed by atoms with Crippen molar-refractivity contribution in [1.29, 1.82) is 0 Å². The first-order valence-corrected chi connectivity index (χ1v) is 14.9. The quantitative estimate of drug-likeness (QED) is 0.280. The Hall–Kier alpha value is -3.68. The van der Waals surface area contributed by atoms with Crippen LogP contribution in [0.3, 0.4) is 0 Å². The molecule has 226 valence electrons. The Kier molecular flexibility index (Phi) is 7.82. The number of fused-ring (bicyclic) bond motifs is 2. The van der Waals surface area contributed by atoms with Crippen molar-refractivity contribution in [3.05, 3.63) is 74.2 Å². The minimum atomic E-state index is -4.53. The Morgan fingerprint density at radius 2 is 1.95 bits per heavy atom. The number of nitrogens with zero attached hydrogens (tertiary/aromatic N) is 5. The molecule has 2 atom stereocenters. The lowest BCUT2D eigenvalue weighted by Crippen LogP contribution is -2.45. The van der Waals surface area contributed by atoms with Crippen LogP contribution in [0.1, 0.15) is 29.1 Å². The monoisotopic (exact) mass is 632 g/mol. The standard InChI is InChI=1S/C29H28ClF3N6O3S/c1-37(2)14-25-36-23-10-20(26-34-12-24(43-26)29(31,32)33)22(35-18-7-8-38-19(9-18)15-42-28(38)41)11-21(23)27(40)39(25)13-16-3-5-17(30)6-4-16/h3-6,10-12,18-19,35H,7-9,13-15H2,1-2H3/t18-,19-/m0/s1. The summed E-state index contributed by atoms with van der Waals surface area (Å²) in [6.07, 6.45) is -2.85. The molecule has 14 heteroatoms. The van der Waals surface area contributed by atoms with Gasteiger partial charge in [0.1, 0.15) is 22.3 Å². The molecule has 4 aromatic rings. The third-order valence-electron chi connectivity index (χ3n) is 7.61. The van der Waals surface area contributed by atoms with E-state index >= 15 is 0 Å². The third kappa shape index (κ3) is 6.06. The molecular weight excluding hydrogens is 605 g/mol. The van der Waals surface area contributed by atoms with Gasteiger partial charge in [0.15, 0.2) is 0 Å². The first kappa shape index (κ1) is 29.4. The summed E-state index contributed by atoms with van der Waals surface area (Å²) in [4.78, 5) is 37.7. The summed E-state index contributed by atoms with van der Waals surface area (Å²) in [5, 5.41) is 4.53. The summed E-state index contributed by atoms with van der Waals surface area (Å²) in [6.45, 7) is 1.41. The molecular formula is C29H28ClF3N6O3S. The number of amides is 1. The van der Waals surface area contributed by atoms with Gasteiger partial charge in [0.25, 0.3) is 5.56 Å². The van der Waals surface area contributed by atoms with Gasteiger partial charge in [-0.05, 0) is 56.8 Å². The van der Waals surface area contributed by atoms with Gasteiger partial charge < -0.3 is 19.9 Å². The lowest BCUT2D eigenvalue weighted by atomic mass is 9.97. The summed E-state index contributed by atoms with van der Waals surface area (Å²) < 4.78 is 47.3. The van der Waals surface area contributed by atoms with Gasteiger partial charge in [-0.15, -0.1) is 11.3 Å². The van der Waals surface area contributed by atoms with E-state index in [2.05, 4.69) is 10.3 Å². The number of anilines is 1. The van der Waals surface area contributed by atoms with Crippen LogP contribution in [0.4, 0.5) is 23.7 Å². The Morgan fingerprint density at radius 3 is 2.65 bits per heavy atom. The van der Waals surface area contributed by atoms with E-state index in [1.165, 1.54) is 0 Å². The number of carbonyl (C=O) groups excluding carboxylic acids is 1. The van der Waals surface area contributed by atoms with Crippen molar-refractivity contribution in [2.24, 2.45) is 0 Å². The molecule has 0 aliphatic carbocycles. The average molecular weight is 633 g/mol. The van der Waals surface area contributed by atoms with E-state index in [1.807, 2.05) is 31.1 Å². The fourth-order valence-corrected chi connectivity index (χ4v) is 6.47. The Bertz CT molecular complexity index is 1740. The number of rotatable bonds is 7. The number of alkyl halides is 3. The summed E-state index contributed by atoms with van der Waals surface area (Å²) in [6, 6.07) is 10.3. The maximum absolute atomic E-state index is 14.0. The predicted molar refractivity (Wildman–Crippen MR) is 159 cm³/mol. The fourth-order valence-electron chi connectivity index (χ4n) is 5.53. The zero-order valence-electron chi connectivity index (χ0n) is 23.3. The highest BCUT2D eigenvalue weighted by Gasteiger charge is 2.38. The number of piperidine rings is 1. The Balaban J connectivity index is 1.46. The molecule has 9 nitrogen and oxygen atoms in total. The molecule has 2 aliphatic rings. The molecule has 2 aromatic heterocycles. The molecule has 6 rings (SSSR count). The van der Waals surface area contributed by atoms with Gasteiger partial charge in [-0.2, -0.15) is 13.2 Å². The maximum atomic E-state index is 14.0. The van der Waals surface area contributed by atoms with Crippen LogP contribution in [-0.4, -0.2) is 69.8 Å². The van der Waals surface area contributed by atoms with E-state index in [0.29, 0.717) is 70.3 Å². The van der Waals surface area contributed by atoms with Crippen molar-refractivity contribution in [2.45, 2.75) is 44.2 Å². The van der Waals surface area contributed by atoms with E-state index in [4.69, 9.17) is 21.3 Å². The lowest BCUT2D eigenvalue weighted by Gasteiger charge is -2.33. The van der Waals surface area contributed by atoms with Crippen molar-refractivity contribution in [3.63, 3.8) is 0 Å². The van der Waals surface area contributed by atoms with Crippen LogP contribution in [0.25, 0.3) is 21.5 Å². The zero-order valence-corrected chi connectivity index (χ0v) is 24.9. The van der Waals surface area contributed by atoms with Crippen LogP contribution in [0.5, 0.6) is 0 Å². The molecule has 2 aromatic carbocycles. The van der Waals surface area contributed by atoms with E-state index in [0.717, 1.165) is 11.8 Å². The SMILES string of the molecule is CN(C)Cc1nc2cc(-c3ncc(C(F)(F)F)s3)c(N[C@H]3CCN4C(=O)OC[C@@H]4C3)cc2c(=O)n1Cc1ccc(Cl)cc1. The summed E-state index contributed by atoms with van der Waals surface area (Å²) >= 11 is 6.60. The number of carbonyl (C=O) groups is 1. The van der Waals surface area contributed by atoms with Gasteiger partial charge in [0.05, 0.1) is 36.2 Å². The van der Waals surface area contributed by atoms with Crippen molar-refractivity contribution in [2.75, 3.05) is 32.6 Å². The first-order chi connectivity index (χ1) is 20.5. The molecule has 4 heterocycles. The van der Waals surface area contributed by atoms with Gasteiger partial charge in [0, 0.05) is 28.9 Å². The lowest BCUT2D eigenvalue weighted by molar-refractivity contribution is -0.134. The number of thiazole rings is 1. The number of halogens is 4. The van der Waals surface area contributed by atoms with Crippen LogP contribution < -0.4 is 10.9 Å². The topological polar surface area (TPSA) is 92.6 Å². The van der Waals surface area contributed by atoms with E-state index in [-0.39, 0.29) is 41.9 Å². The molecule has 1 amide bonds. The fraction of sp³-hybridized carbons (Fsp3) is 0.379. The highest BCUT2D eigenvalue weighted by molar-refractivity contribution is 7.15. The molecule has 0 bridgehead atoms. The van der Waals surface area contributed by atoms with E-state index in [9.17, 15) is 22.8 Å². The smallest absolute Gasteiger partial charge is 0.427 e. The second-order valence-electron chi connectivity index (χ2n) is 11.0. The van der Waals surface area contributed by atoms with Gasteiger partial charge in [-0.25, -0.2) is 14.8 Å². The van der Waals surface area contributed by atoms with Crippen LogP contribution in [0.2, 0.25) is 5.02 Å². The van der Waals surface area contributed by atoms with Crippen LogP contribution in [-0.2, 0) is 24.0 Å². The van der Waals surface area contributed by atoms with Crippen molar-refractivity contribution >= 4 is 45.6 Å². The minimum Gasteiger partial charge on any atom is -0.447 e. The maximum Gasteiger partial charge on any atom is 0.427 e. The van der Waals surface area contributed by atoms with E-state index in [1.54, 1.807) is 33.7 Å². The highest BCUT2D eigenvalue weighted by atomic mass is 35.5. The summed E-state index contributed by atoms with van der Waals surface area (Å²) in [7, 11) is 3.73. The minimum absolute atomic E-state index is 0.0915. The molecule has 0 radical (unpaired) electrons. The molecule has 1 N–H and O–H groups in total. The molecule has 2 fully saturated rings. The molecule has 2 aliphatic heterocycles. The normalized spacial score (nSPS) is 18.8. The second-order valence-corrected chi connectivity index (χ2v) is 12.5. The Labute approximate surface area is 253 Å². The third-order valence-corrected chi connectivity index (χ3v) is 8.94. The number of aromatic nitrogens is 3. The zero-order chi connectivity index (χ0) is 30.5. The number of hydrogen-bond acceptors (Lipinski definition) is 8. The van der Waals surface area contributed by atoms with Crippen LogP contribution in [0, 0.1) is 0 Å². The molecule has 0 saturated carbocycles. The highest BCUT2D eigenvalue weighted by Crippen LogP contribution is 2.40. The second kappa shape index (κ2) is 11.4. The first-order valence-electron chi connectivity index (χ1n) is 13.7. The van der Waals surface area contributed by atoms with E-state index < -0.39 is 11.1 Å². The molecule has 0 spiro atoms. The largest absolute Gasteiger partial charge is 0.447 e. The number of nitrogens with one attached hydrogen (secondary N) is 1. The summed E-state index contributed by atoms with van der Waals surface area (Å²) in [5.74, 6) is 0.512. The van der Waals surface area contributed by atoms with Crippen molar-refractivity contribution in [1.82, 2.24) is 24.3 Å². The average Bonchev–Trinajstić information content (AvgIpc) is 3.59. The van der Waals surface area contributed by atoms with Crippen molar-refractivity contribution < 1.29 is 22.7 Å². The predicted octanol–water partition coefficient (Wildman–Crippen LogP) is 5.70. The number of benzene rings is 2. The van der Waals surface area contributed by atoms with Gasteiger partial charge in [-0.1, -0.05) is 23.7 Å². The molecule has 43 heavy (non-hydrogen) atoms. The van der Waals surface area contributed by atoms with Crippen LogP contribution >= 0.6 is 22.9 Å². The van der Waals surface area contributed by atoms with Crippen molar-refractivity contribution in [3.8, 4) is 10.6 Å². The van der Waals surface area contributed by atoms with Crippen LogP contribution in [0.15, 0.2) is 47.4 Å². The summed E-state index contributed by atoms with van der Waals surface area (Å²) in [5.41, 5.74) is 1.86. The molecule has 2 saturated heterocycles. The number of ether oxygens (including phenoxy) is 1. The van der Waals surface area contributed by atoms with Gasteiger partial charge in [-0.3, -0.25) is 9.36 Å². The molecule has 0 unspecified atom stereocenters. The Morgan fingerprint density at radius 1 is 1.19 bits per heavy atom. The van der Waals surface area contributed by atoms with Gasteiger partial charge >= 0.3 is 12.3 Å². The number of hydrogen-bond donors (Lipinski definition) is 1. The number of cyclic esters (lactones) is 1. The van der Waals surface area contributed by atoms with Gasteiger partial charge in [0.2, 0.25) is 0 Å².